The number of rotatable bonds is 11. The lowest BCUT2D eigenvalue weighted by Crippen LogP contribution is -2.28. The summed E-state index contributed by atoms with van der Waals surface area (Å²) in [6, 6.07) is 13.0. The second-order valence-corrected chi connectivity index (χ2v) is 6.54. The van der Waals surface area contributed by atoms with Gasteiger partial charge >= 0.3 is 0 Å². The SMILES string of the molecule is CCOc1cc(C(=O)NCCOc2cccc3cccnc23)cc(OCC)c1OCC. The highest BCUT2D eigenvalue weighted by atomic mass is 16.5. The van der Waals surface area contributed by atoms with E-state index in [1.165, 1.54) is 0 Å². The van der Waals surface area contributed by atoms with Crippen molar-refractivity contribution < 1.29 is 23.7 Å². The van der Waals surface area contributed by atoms with E-state index in [-0.39, 0.29) is 5.91 Å². The lowest BCUT2D eigenvalue weighted by Gasteiger charge is -2.17. The Hall–Kier alpha value is -3.48. The average Bonchev–Trinajstić information content (AvgIpc) is 2.79. The molecule has 164 valence electrons. The van der Waals surface area contributed by atoms with Crippen LogP contribution in [0.2, 0.25) is 0 Å². The number of aromatic nitrogens is 1. The highest BCUT2D eigenvalue weighted by Crippen LogP contribution is 2.39. The van der Waals surface area contributed by atoms with Gasteiger partial charge in [0, 0.05) is 17.1 Å². The van der Waals surface area contributed by atoms with Gasteiger partial charge in [-0.05, 0) is 45.0 Å². The van der Waals surface area contributed by atoms with Crippen LogP contribution in [0, 0.1) is 0 Å². The molecular formula is C24H28N2O5. The fourth-order valence-electron chi connectivity index (χ4n) is 3.14. The number of ether oxygens (including phenoxy) is 4. The number of carbonyl (C=O) groups excluding carboxylic acids is 1. The van der Waals surface area contributed by atoms with Crippen LogP contribution in [0.5, 0.6) is 23.0 Å². The summed E-state index contributed by atoms with van der Waals surface area (Å²) >= 11 is 0. The Kier molecular flexibility index (Phi) is 7.92. The number of benzene rings is 2. The van der Waals surface area contributed by atoms with Gasteiger partial charge in [0.1, 0.15) is 17.9 Å². The van der Waals surface area contributed by atoms with Gasteiger partial charge in [-0.25, -0.2) is 0 Å². The van der Waals surface area contributed by atoms with Gasteiger partial charge in [0.15, 0.2) is 11.5 Å². The Morgan fingerprint density at radius 2 is 1.55 bits per heavy atom. The van der Waals surface area contributed by atoms with Crippen LogP contribution < -0.4 is 24.3 Å². The third-order valence-electron chi connectivity index (χ3n) is 4.41. The molecule has 7 nitrogen and oxygen atoms in total. The lowest BCUT2D eigenvalue weighted by molar-refractivity contribution is 0.0946. The first kappa shape index (κ1) is 22.2. The van der Waals surface area contributed by atoms with Gasteiger partial charge in [-0.15, -0.1) is 0 Å². The van der Waals surface area contributed by atoms with Crippen LogP contribution in [0.4, 0.5) is 0 Å². The molecular weight excluding hydrogens is 396 g/mol. The van der Waals surface area contributed by atoms with Crippen molar-refractivity contribution in [2.75, 3.05) is 33.0 Å². The highest BCUT2D eigenvalue weighted by Gasteiger charge is 2.18. The van der Waals surface area contributed by atoms with Gasteiger partial charge in [0.05, 0.1) is 26.4 Å². The molecule has 3 rings (SSSR count). The van der Waals surface area contributed by atoms with Gasteiger partial charge in [-0.2, -0.15) is 0 Å². The Balaban J connectivity index is 1.66. The molecule has 7 heteroatoms. The van der Waals surface area contributed by atoms with E-state index in [1.807, 2.05) is 51.1 Å². The average molecular weight is 424 g/mol. The molecule has 0 radical (unpaired) electrons. The maximum absolute atomic E-state index is 12.7. The van der Waals surface area contributed by atoms with Gasteiger partial charge in [0.2, 0.25) is 5.75 Å². The summed E-state index contributed by atoms with van der Waals surface area (Å²) < 4.78 is 22.9. The molecule has 2 aromatic carbocycles. The minimum atomic E-state index is -0.246. The van der Waals surface area contributed by atoms with Gasteiger partial charge in [-0.3, -0.25) is 9.78 Å². The standard InChI is InChI=1S/C24H28N2O5/c1-4-28-20-15-18(16-21(29-5-2)23(20)30-6-3)24(27)26-13-14-31-19-11-7-9-17-10-8-12-25-22(17)19/h7-12,15-16H,4-6,13-14H2,1-3H3,(H,26,27). The topological polar surface area (TPSA) is 78.9 Å². The molecule has 0 aliphatic rings. The smallest absolute Gasteiger partial charge is 0.251 e. The zero-order chi connectivity index (χ0) is 22.1. The van der Waals surface area contributed by atoms with Crippen molar-refractivity contribution >= 4 is 16.8 Å². The number of nitrogens with one attached hydrogen (secondary N) is 1. The number of hydrogen-bond acceptors (Lipinski definition) is 6. The molecule has 0 aliphatic carbocycles. The quantitative estimate of drug-likeness (QED) is 0.464. The summed E-state index contributed by atoms with van der Waals surface area (Å²) in [5.41, 5.74) is 1.23. The Morgan fingerprint density at radius 3 is 2.23 bits per heavy atom. The van der Waals surface area contributed by atoms with E-state index in [9.17, 15) is 4.79 Å². The van der Waals surface area contributed by atoms with Crippen LogP contribution in [-0.2, 0) is 0 Å². The molecule has 1 heterocycles. The Bertz CT molecular complexity index is 990. The van der Waals surface area contributed by atoms with Crippen LogP contribution in [0.25, 0.3) is 10.9 Å². The van der Waals surface area contributed by atoms with Crippen molar-refractivity contribution in [3.05, 3.63) is 54.2 Å². The van der Waals surface area contributed by atoms with Gasteiger partial charge in [0.25, 0.3) is 5.91 Å². The van der Waals surface area contributed by atoms with Crippen molar-refractivity contribution in [2.45, 2.75) is 20.8 Å². The largest absolute Gasteiger partial charge is 0.490 e. The number of amides is 1. The van der Waals surface area contributed by atoms with E-state index in [2.05, 4.69) is 10.3 Å². The first-order valence-corrected chi connectivity index (χ1v) is 10.5. The number of carbonyl (C=O) groups is 1. The van der Waals surface area contributed by atoms with Crippen molar-refractivity contribution in [1.29, 1.82) is 0 Å². The van der Waals surface area contributed by atoms with E-state index >= 15 is 0 Å². The predicted molar refractivity (Wildman–Crippen MR) is 120 cm³/mol. The minimum absolute atomic E-state index is 0.246. The van der Waals surface area contributed by atoms with Crippen LogP contribution in [-0.4, -0.2) is 43.9 Å². The molecule has 3 aromatic rings. The highest BCUT2D eigenvalue weighted by molar-refractivity contribution is 5.95. The molecule has 0 spiro atoms. The number of fused-ring (bicyclic) bond motifs is 1. The van der Waals surface area contributed by atoms with Crippen LogP contribution >= 0.6 is 0 Å². The van der Waals surface area contributed by atoms with Crippen molar-refractivity contribution in [3.63, 3.8) is 0 Å². The molecule has 31 heavy (non-hydrogen) atoms. The normalized spacial score (nSPS) is 10.5. The van der Waals surface area contributed by atoms with Gasteiger partial charge in [-0.1, -0.05) is 18.2 Å². The number of para-hydroxylation sites is 1. The zero-order valence-corrected chi connectivity index (χ0v) is 18.1. The first-order chi connectivity index (χ1) is 15.2. The summed E-state index contributed by atoms with van der Waals surface area (Å²) in [6.45, 7) is 7.65. The van der Waals surface area contributed by atoms with Crippen LogP contribution in [0.1, 0.15) is 31.1 Å². The fraction of sp³-hybridized carbons (Fsp3) is 0.333. The lowest BCUT2D eigenvalue weighted by atomic mass is 10.1. The maximum atomic E-state index is 12.7. The molecule has 0 saturated heterocycles. The summed E-state index contributed by atoms with van der Waals surface area (Å²) in [5.74, 6) is 1.92. The minimum Gasteiger partial charge on any atom is -0.490 e. The third-order valence-corrected chi connectivity index (χ3v) is 4.41. The van der Waals surface area contributed by atoms with Crippen LogP contribution in [0.15, 0.2) is 48.7 Å². The molecule has 1 amide bonds. The summed E-state index contributed by atoms with van der Waals surface area (Å²) in [6.07, 6.45) is 1.73. The molecule has 1 N–H and O–H groups in total. The second-order valence-electron chi connectivity index (χ2n) is 6.54. The van der Waals surface area contributed by atoms with E-state index in [0.29, 0.717) is 61.5 Å². The second kappa shape index (κ2) is 11.1. The summed E-state index contributed by atoms with van der Waals surface area (Å²) in [4.78, 5) is 17.1. The molecule has 0 saturated carbocycles. The molecule has 0 unspecified atom stereocenters. The monoisotopic (exact) mass is 424 g/mol. The maximum Gasteiger partial charge on any atom is 0.251 e. The van der Waals surface area contributed by atoms with E-state index in [1.54, 1.807) is 18.3 Å². The predicted octanol–water partition coefficient (Wildman–Crippen LogP) is 4.24. The van der Waals surface area contributed by atoms with E-state index in [4.69, 9.17) is 18.9 Å². The Labute approximate surface area is 182 Å². The first-order valence-electron chi connectivity index (χ1n) is 10.5. The zero-order valence-electron chi connectivity index (χ0n) is 18.1. The molecule has 0 aliphatic heterocycles. The summed E-state index contributed by atoms with van der Waals surface area (Å²) in [5, 5.41) is 3.88. The molecule has 0 fully saturated rings. The van der Waals surface area contributed by atoms with Crippen LogP contribution in [0.3, 0.4) is 0 Å². The molecule has 0 bridgehead atoms. The summed E-state index contributed by atoms with van der Waals surface area (Å²) in [7, 11) is 0. The molecule has 0 atom stereocenters. The third kappa shape index (κ3) is 5.57. The van der Waals surface area contributed by atoms with E-state index in [0.717, 1.165) is 10.9 Å². The number of pyridine rings is 1. The van der Waals surface area contributed by atoms with Crippen molar-refractivity contribution in [1.82, 2.24) is 10.3 Å². The molecule has 1 aromatic heterocycles. The van der Waals surface area contributed by atoms with E-state index < -0.39 is 0 Å². The van der Waals surface area contributed by atoms with Crippen molar-refractivity contribution in [2.24, 2.45) is 0 Å². The number of nitrogens with zero attached hydrogens (tertiary/aromatic N) is 1. The number of hydrogen-bond donors (Lipinski definition) is 1. The van der Waals surface area contributed by atoms with Gasteiger partial charge < -0.3 is 24.3 Å². The fourth-order valence-corrected chi connectivity index (χ4v) is 3.14. The van der Waals surface area contributed by atoms with Crippen molar-refractivity contribution in [3.8, 4) is 23.0 Å². The Morgan fingerprint density at radius 1 is 0.871 bits per heavy atom.